The van der Waals surface area contributed by atoms with Crippen molar-refractivity contribution in [3.63, 3.8) is 0 Å². The molecule has 0 saturated carbocycles. The first kappa shape index (κ1) is 13.8. The third-order valence-corrected chi connectivity index (χ3v) is 3.42. The molecule has 0 aliphatic carbocycles. The minimum absolute atomic E-state index is 0.177. The van der Waals surface area contributed by atoms with Crippen LogP contribution in [0.2, 0.25) is 0 Å². The molecular weight excluding hydrogens is 238 g/mol. The molecule has 3 nitrogen and oxygen atoms in total. The number of carbonyl (C=O) groups is 1. The number of piperidine rings is 1. The molecule has 1 aromatic rings. The number of esters is 1. The first-order valence-corrected chi connectivity index (χ1v) is 6.63. The highest BCUT2D eigenvalue weighted by Gasteiger charge is 2.22. The Labute approximate surface area is 114 Å². The standard InChI is InChI=1S/C16H21NO2/c1-16(2)11-13(8-9-17-16)10-12-4-6-14(7-5-12)15(18)19-3/h4-7,10,17H,8-9,11H2,1-3H3. The van der Waals surface area contributed by atoms with Crippen LogP contribution in [-0.2, 0) is 4.74 Å². The van der Waals surface area contributed by atoms with E-state index in [4.69, 9.17) is 4.74 Å². The van der Waals surface area contributed by atoms with Gasteiger partial charge >= 0.3 is 5.97 Å². The number of hydrogen-bond donors (Lipinski definition) is 1. The summed E-state index contributed by atoms with van der Waals surface area (Å²) in [6.45, 7) is 5.47. The first-order valence-electron chi connectivity index (χ1n) is 6.63. The molecule has 102 valence electrons. The summed E-state index contributed by atoms with van der Waals surface area (Å²) in [4.78, 5) is 11.4. The molecule has 1 aromatic carbocycles. The Morgan fingerprint density at radius 2 is 2.00 bits per heavy atom. The van der Waals surface area contributed by atoms with Crippen LogP contribution in [0.1, 0.15) is 42.6 Å². The summed E-state index contributed by atoms with van der Waals surface area (Å²) in [6.07, 6.45) is 4.37. The summed E-state index contributed by atoms with van der Waals surface area (Å²) in [6, 6.07) is 7.55. The second-order valence-corrected chi connectivity index (χ2v) is 5.65. The predicted molar refractivity (Wildman–Crippen MR) is 77.1 cm³/mol. The fourth-order valence-electron chi connectivity index (χ4n) is 2.47. The molecule has 0 bridgehead atoms. The van der Waals surface area contributed by atoms with Gasteiger partial charge in [-0.05, 0) is 50.9 Å². The summed E-state index contributed by atoms with van der Waals surface area (Å²) in [5.41, 5.74) is 3.36. The molecule has 0 unspecified atom stereocenters. The molecule has 1 aliphatic rings. The van der Waals surface area contributed by atoms with Gasteiger partial charge < -0.3 is 10.1 Å². The van der Waals surface area contributed by atoms with E-state index in [0.29, 0.717) is 5.56 Å². The smallest absolute Gasteiger partial charge is 0.337 e. The second kappa shape index (κ2) is 5.57. The van der Waals surface area contributed by atoms with Crippen LogP contribution in [0.25, 0.3) is 6.08 Å². The number of benzene rings is 1. The van der Waals surface area contributed by atoms with E-state index in [1.165, 1.54) is 12.7 Å². The predicted octanol–water partition coefficient (Wildman–Crippen LogP) is 3.02. The number of rotatable bonds is 2. The van der Waals surface area contributed by atoms with Gasteiger partial charge in [-0.15, -0.1) is 0 Å². The van der Waals surface area contributed by atoms with Crippen LogP contribution in [0.3, 0.4) is 0 Å². The number of nitrogens with one attached hydrogen (secondary N) is 1. The van der Waals surface area contributed by atoms with E-state index in [9.17, 15) is 4.79 Å². The van der Waals surface area contributed by atoms with Gasteiger partial charge in [-0.1, -0.05) is 23.8 Å². The third-order valence-electron chi connectivity index (χ3n) is 3.42. The van der Waals surface area contributed by atoms with Gasteiger partial charge in [0.2, 0.25) is 0 Å². The molecule has 1 heterocycles. The van der Waals surface area contributed by atoms with Crippen LogP contribution < -0.4 is 5.32 Å². The summed E-state index contributed by atoms with van der Waals surface area (Å²) in [5, 5.41) is 3.50. The van der Waals surface area contributed by atoms with Crippen molar-refractivity contribution in [2.75, 3.05) is 13.7 Å². The molecule has 1 aliphatic heterocycles. The second-order valence-electron chi connectivity index (χ2n) is 5.65. The molecule has 0 spiro atoms. The average Bonchev–Trinajstić information content (AvgIpc) is 2.37. The Morgan fingerprint density at radius 3 is 2.58 bits per heavy atom. The van der Waals surface area contributed by atoms with Gasteiger partial charge in [-0.3, -0.25) is 0 Å². The van der Waals surface area contributed by atoms with E-state index < -0.39 is 0 Å². The zero-order valence-electron chi connectivity index (χ0n) is 11.8. The summed E-state index contributed by atoms with van der Waals surface area (Å²) in [7, 11) is 1.40. The Balaban J connectivity index is 2.12. The van der Waals surface area contributed by atoms with Gasteiger partial charge in [0.05, 0.1) is 12.7 Å². The van der Waals surface area contributed by atoms with Crippen molar-refractivity contribution < 1.29 is 9.53 Å². The Bertz CT molecular complexity index is 486. The average molecular weight is 259 g/mol. The van der Waals surface area contributed by atoms with E-state index in [1.807, 2.05) is 24.3 Å². The summed E-state index contributed by atoms with van der Waals surface area (Å²) < 4.78 is 4.69. The first-order chi connectivity index (χ1) is 9.00. The zero-order chi connectivity index (χ0) is 13.9. The Hall–Kier alpha value is -1.61. The number of carbonyl (C=O) groups excluding carboxylic acids is 1. The van der Waals surface area contributed by atoms with Crippen molar-refractivity contribution >= 4 is 12.0 Å². The van der Waals surface area contributed by atoms with Crippen LogP contribution in [0.4, 0.5) is 0 Å². The minimum Gasteiger partial charge on any atom is -0.465 e. The van der Waals surface area contributed by atoms with Crippen molar-refractivity contribution in [1.29, 1.82) is 0 Å². The van der Waals surface area contributed by atoms with Crippen LogP contribution >= 0.6 is 0 Å². The van der Waals surface area contributed by atoms with E-state index >= 15 is 0 Å². The number of ether oxygens (including phenoxy) is 1. The topological polar surface area (TPSA) is 38.3 Å². The molecule has 0 radical (unpaired) electrons. The normalized spacial score (nSPS) is 20.3. The highest BCUT2D eigenvalue weighted by Crippen LogP contribution is 2.25. The maximum atomic E-state index is 11.4. The van der Waals surface area contributed by atoms with Crippen molar-refractivity contribution in [3.8, 4) is 0 Å². The molecule has 19 heavy (non-hydrogen) atoms. The van der Waals surface area contributed by atoms with Gasteiger partial charge in [-0.2, -0.15) is 0 Å². The largest absolute Gasteiger partial charge is 0.465 e. The quantitative estimate of drug-likeness (QED) is 0.830. The number of hydrogen-bond acceptors (Lipinski definition) is 3. The number of methoxy groups -OCH3 is 1. The molecule has 1 fully saturated rings. The van der Waals surface area contributed by atoms with Crippen LogP contribution in [-0.4, -0.2) is 25.2 Å². The lowest BCUT2D eigenvalue weighted by Gasteiger charge is -2.32. The van der Waals surface area contributed by atoms with Gasteiger partial charge in [0.1, 0.15) is 0 Å². The van der Waals surface area contributed by atoms with Crippen molar-refractivity contribution in [2.45, 2.75) is 32.2 Å². The zero-order valence-corrected chi connectivity index (χ0v) is 11.8. The molecule has 2 rings (SSSR count). The third kappa shape index (κ3) is 3.67. The molecule has 3 heteroatoms. The van der Waals surface area contributed by atoms with Crippen molar-refractivity contribution in [1.82, 2.24) is 5.32 Å². The molecular formula is C16H21NO2. The van der Waals surface area contributed by atoms with Crippen molar-refractivity contribution in [2.24, 2.45) is 0 Å². The fraction of sp³-hybridized carbons (Fsp3) is 0.438. The van der Waals surface area contributed by atoms with Gasteiger partial charge in [0.25, 0.3) is 0 Å². The maximum Gasteiger partial charge on any atom is 0.337 e. The Kier molecular flexibility index (Phi) is 4.05. The van der Waals surface area contributed by atoms with Gasteiger partial charge in [0.15, 0.2) is 0 Å². The lowest BCUT2D eigenvalue weighted by molar-refractivity contribution is 0.0600. The monoisotopic (exact) mass is 259 g/mol. The molecule has 1 saturated heterocycles. The lowest BCUT2D eigenvalue weighted by atomic mass is 9.88. The SMILES string of the molecule is COC(=O)c1ccc(C=C2CCNC(C)(C)C2)cc1. The highest BCUT2D eigenvalue weighted by atomic mass is 16.5. The lowest BCUT2D eigenvalue weighted by Crippen LogP contribution is -2.43. The Morgan fingerprint density at radius 1 is 1.32 bits per heavy atom. The van der Waals surface area contributed by atoms with Crippen LogP contribution in [0.5, 0.6) is 0 Å². The highest BCUT2D eigenvalue weighted by molar-refractivity contribution is 5.89. The minimum atomic E-state index is -0.290. The molecule has 0 amide bonds. The summed E-state index contributed by atoms with van der Waals surface area (Å²) >= 11 is 0. The van der Waals surface area contributed by atoms with E-state index in [1.54, 1.807) is 0 Å². The van der Waals surface area contributed by atoms with E-state index in [0.717, 1.165) is 24.9 Å². The molecule has 1 N–H and O–H groups in total. The van der Waals surface area contributed by atoms with E-state index in [-0.39, 0.29) is 11.5 Å². The van der Waals surface area contributed by atoms with Crippen LogP contribution in [0.15, 0.2) is 29.8 Å². The van der Waals surface area contributed by atoms with Gasteiger partial charge in [0, 0.05) is 5.54 Å². The van der Waals surface area contributed by atoms with Crippen LogP contribution in [0, 0.1) is 0 Å². The van der Waals surface area contributed by atoms with Gasteiger partial charge in [-0.25, -0.2) is 4.79 Å². The maximum absolute atomic E-state index is 11.4. The van der Waals surface area contributed by atoms with Crippen molar-refractivity contribution in [3.05, 3.63) is 41.0 Å². The molecule has 0 aromatic heterocycles. The molecule has 0 atom stereocenters. The fourth-order valence-corrected chi connectivity index (χ4v) is 2.47. The van der Waals surface area contributed by atoms with E-state index in [2.05, 4.69) is 25.2 Å². The summed E-state index contributed by atoms with van der Waals surface area (Å²) in [5.74, 6) is -0.290.